The molecule has 9 rings (SSSR count). The lowest BCUT2D eigenvalue weighted by molar-refractivity contribution is 1.08. The zero-order chi connectivity index (χ0) is 29.0. The first-order chi connectivity index (χ1) is 21.8. The molecule has 0 aliphatic heterocycles. The van der Waals surface area contributed by atoms with Crippen molar-refractivity contribution in [2.24, 2.45) is 0 Å². The molecule has 44 heavy (non-hydrogen) atoms. The highest BCUT2D eigenvalue weighted by molar-refractivity contribution is 6.25. The van der Waals surface area contributed by atoms with E-state index < -0.39 is 0 Å². The summed E-state index contributed by atoms with van der Waals surface area (Å²) in [7, 11) is 0. The first kappa shape index (κ1) is 24.6. The topological polar surface area (TPSA) is 38.7 Å². The highest BCUT2D eigenvalue weighted by Gasteiger charge is 2.15. The van der Waals surface area contributed by atoms with Crippen molar-refractivity contribution in [3.8, 4) is 34.2 Å². The summed E-state index contributed by atoms with van der Waals surface area (Å²) in [6.45, 7) is 0. The summed E-state index contributed by atoms with van der Waals surface area (Å²) in [5, 5.41) is 12.1. The van der Waals surface area contributed by atoms with Gasteiger partial charge in [-0.25, -0.2) is 15.0 Å². The molecule has 0 atom stereocenters. The fourth-order valence-electron chi connectivity index (χ4n) is 6.47. The molecule has 0 fully saturated rings. The number of benzene rings is 8. The SMILES string of the molecule is c1ccc2cc(-c3nc(-c4ccc5ccccc5c4)nc(-c4ccc5c6ccccc6c6ccccc6c5c4)n3)ccc2c1. The van der Waals surface area contributed by atoms with Crippen molar-refractivity contribution in [1.29, 1.82) is 0 Å². The Morgan fingerprint density at radius 3 is 1.07 bits per heavy atom. The molecule has 0 spiro atoms. The van der Waals surface area contributed by atoms with E-state index in [1.165, 1.54) is 43.1 Å². The fourth-order valence-corrected chi connectivity index (χ4v) is 6.47. The number of hydrogen-bond donors (Lipinski definition) is 0. The minimum absolute atomic E-state index is 0.658. The van der Waals surface area contributed by atoms with Crippen LogP contribution in [0.25, 0.3) is 88.0 Å². The summed E-state index contributed by atoms with van der Waals surface area (Å²) < 4.78 is 0. The Balaban J connectivity index is 1.30. The van der Waals surface area contributed by atoms with E-state index in [2.05, 4.69) is 152 Å². The highest BCUT2D eigenvalue weighted by atomic mass is 15.0. The Hall–Kier alpha value is -5.93. The minimum atomic E-state index is 0.658. The van der Waals surface area contributed by atoms with Crippen molar-refractivity contribution in [3.63, 3.8) is 0 Å². The van der Waals surface area contributed by atoms with E-state index in [4.69, 9.17) is 15.0 Å². The normalized spacial score (nSPS) is 11.6. The zero-order valence-corrected chi connectivity index (χ0v) is 23.8. The van der Waals surface area contributed by atoms with E-state index in [9.17, 15) is 0 Å². The Kier molecular flexibility index (Phi) is 5.50. The van der Waals surface area contributed by atoms with Gasteiger partial charge >= 0.3 is 0 Å². The van der Waals surface area contributed by atoms with Gasteiger partial charge in [0.15, 0.2) is 17.5 Å². The second-order valence-corrected chi connectivity index (χ2v) is 11.3. The van der Waals surface area contributed by atoms with Crippen LogP contribution in [-0.4, -0.2) is 15.0 Å². The number of aromatic nitrogens is 3. The van der Waals surface area contributed by atoms with Gasteiger partial charge in [-0.1, -0.05) is 133 Å². The molecular formula is C41H25N3. The second-order valence-electron chi connectivity index (χ2n) is 11.3. The van der Waals surface area contributed by atoms with Gasteiger partial charge in [0, 0.05) is 16.7 Å². The van der Waals surface area contributed by atoms with Gasteiger partial charge in [-0.15, -0.1) is 0 Å². The smallest absolute Gasteiger partial charge is 0.164 e. The van der Waals surface area contributed by atoms with E-state index in [0.717, 1.165) is 27.5 Å². The monoisotopic (exact) mass is 559 g/mol. The molecule has 0 amide bonds. The van der Waals surface area contributed by atoms with E-state index >= 15 is 0 Å². The van der Waals surface area contributed by atoms with Crippen molar-refractivity contribution < 1.29 is 0 Å². The van der Waals surface area contributed by atoms with Crippen LogP contribution in [0.2, 0.25) is 0 Å². The highest BCUT2D eigenvalue weighted by Crippen LogP contribution is 2.37. The van der Waals surface area contributed by atoms with Crippen LogP contribution in [0, 0.1) is 0 Å². The molecule has 3 heteroatoms. The quantitative estimate of drug-likeness (QED) is 0.202. The van der Waals surface area contributed by atoms with Gasteiger partial charge in [0.1, 0.15) is 0 Å². The van der Waals surface area contributed by atoms with E-state index in [0.29, 0.717) is 17.5 Å². The maximum atomic E-state index is 5.10. The summed E-state index contributed by atoms with van der Waals surface area (Å²) >= 11 is 0. The second kappa shape index (κ2) is 9.82. The zero-order valence-electron chi connectivity index (χ0n) is 23.8. The lowest BCUT2D eigenvalue weighted by Crippen LogP contribution is -2.00. The Morgan fingerprint density at radius 2 is 0.591 bits per heavy atom. The van der Waals surface area contributed by atoms with E-state index in [1.807, 2.05) is 0 Å². The third-order valence-corrected chi connectivity index (χ3v) is 8.65. The predicted octanol–water partition coefficient (Wildman–Crippen LogP) is 10.6. The molecule has 8 aromatic carbocycles. The van der Waals surface area contributed by atoms with Crippen molar-refractivity contribution in [2.45, 2.75) is 0 Å². The summed E-state index contributed by atoms with van der Waals surface area (Å²) in [6, 6.07) is 53.5. The van der Waals surface area contributed by atoms with Crippen LogP contribution in [0.5, 0.6) is 0 Å². The first-order valence-electron chi connectivity index (χ1n) is 14.9. The van der Waals surface area contributed by atoms with Gasteiger partial charge < -0.3 is 0 Å². The fraction of sp³-hybridized carbons (Fsp3) is 0. The van der Waals surface area contributed by atoms with Crippen LogP contribution in [0.1, 0.15) is 0 Å². The Morgan fingerprint density at radius 1 is 0.250 bits per heavy atom. The predicted molar refractivity (Wildman–Crippen MR) is 184 cm³/mol. The number of fused-ring (bicyclic) bond motifs is 8. The van der Waals surface area contributed by atoms with Gasteiger partial charge in [0.25, 0.3) is 0 Å². The summed E-state index contributed by atoms with van der Waals surface area (Å²) in [4.78, 5) is 15.2. The van der Waals surface area contributed by atoms with Crippen molar-refractivity contribution >= 4 is 53.9 Å². The molecule has 0 saturated heterocycles. The molecule has 0 bridgehead atoms. The molecule has 9 aromatic rings. The largest absolute Gasteiger partial charge is 0.208 e. The third-order valence-electron chi connectivity index (χ3n) is 8.65. The minimum Gasteiger partial charge on any atom is -0.208 e. The molecule has 1 aromatic heterocycles. The summed E-state index contributed by atoms with van der Waals surface area (Å²) in [5.41, 5.74) is 2.89. The van der Waals surface area contributed by atoms with Gasteiger partial charge in [0.2, 0.25) is 0 Å². The van der Waals surface area contributed by atoms with Gasteiger partial charge in [-0.2, -0.15) is 0 Å². The van der Waals surface area contributed by atoms with Gasteiger partial charge in [-0.05, 0) is 72.1 Å². The average molecular weight is 560 g/mol. The molecular weight excluding hydrogens is 534 g/mol. The molecule has 0 radical (unpaired) electrons. The van der Waals surface area contributed by atoms with Crippen LogP contribution in [0.3, 0.4) is 0 Å². The van der Waals surface area contributed by atoms with Crippen LogP contribution >= 0.6 is 0 Å². The molecule has 0 N–H and O–H groups in total. The van der Waals surface area contributed by atoms with Crippen molar-refractivity contribution in [1.82, 2.24) is 15.0 Å². The maximum absolute atomic E-state index is 5.10. The third kappa shape index (κ3) is 4.02. The van der Waals surface area contributed by atoms with Crippen LogP contribution in [0.4, 0.5) is 0 Å². The summed E-state index contributed by atoms with van der Waals surface area (Å²) in [6.07, 6.45) is 0. The first-order valence-corrected chi connectivity index (χ1v) is 14.9. The van der Waals surface area contributed by atoms with Crippen LogP contribution in [0.15, 0.2) is 152 Å². The summed E-state index contributed by atoms with van der Waals surface area (Å²) in [5.74, 6) is 1.98. The number of nitrogens with zero attached hydrogens (tertiary/aromatic N) is 3. The molecule has 1 heterocycles. The molecule has 0 aliphatic rings. The van der Waals surface area contributed by atoms with Crippen molar-refractivity contribution in [3.05, 3.63) is 152 Å². The molecule has 3 nitrogen and oxygen atoms in total. The van der Waals surface area contributed by atoms with Gasteiger partial charge in [0.05, 0.1) is 0 Å². The van der Waals surface area contributed by atoms with Gasteiger partial charge in [-0.3, -0.25) is 0 Å². The lowest BCUT2D eigenvalue weighted by atomic mass is 9.93. The Labute approximate surface area is 254 Å². The Bertz CT molecular complexity index is 2430. The van der Waals surface area contributed by atoms with E-state index in [1.54, 1.807) is 0 Å². The number of rotatable bonds is 3. The van der Waals surface area contributed by atoms with Crippen LogP contribution < -0.4 is 0 Å². The average Bonchev–Trinajstić information content (AvgIpc) is 3.11. The van der Waals surface area contributed by atoms with Crippen LogP contribution in [-0.2, 0) is 0 Å². The lowest BCUT2D eigenvalue weighted by Gasteiger charge is -2.13. The number of hydrogen-bond acceptors (Lipinski definition) is 3. The standard InChI is InChI=1S/C41H25N3/c1-3-11-28-23-30(19-17-26(28)9-1)39-42-40(31-20-18-27-10-2-4-12-29(27)24-31)44-41(43-39)32-21-22-37-35-15-6-5-13-33(35)34-14-7-8-16-36(34)38(37)25-32/h1-25H. The molecule has 204 valence electrons. The molecule has 0 unspecified atom stereocenters. The van der Waals surface area contributed by atoms with E-state index in [-0.39, 0.29) is 0 Å². The van der Waals surface area contributed by atoms with Crippen molar-refractivity contribution in [2.75, 3.05) is 0 Å². The maximum Gasteiger partial charge on any atom is 0.164 e. The molecule has 0 saturated carbocycles. The molecule has 0 aliphatic carbocycles.